The summed E-state index contributed by atoms with van der Waals surface area (Å²) in [5.74, 6) is 0. The molecule has 92 valence electrons. The van der Waals surface area contributed by atoms with Crippen molar-refractivity contribution in [1.29, 1.82) is 0 Å². The summed E-state index contributed by atoms with van der Waals surface area (Å²) in [4.78, 5) is 15.2. The molecule has 2 aromatic carbocycles. The topological polar surface area (TPSA) is 30.0 Å². The first kappa shape index (κ1) is 11.6. The lowest BCUT2D eigenvalue weighted by Gasteiger charge is -2.09. The van der Waals surface area contributed by atoms with Gasteiger partial charge in [0.1, 0.15) is 6.29 Å². The molecule has 0 amide bonds. The van der Waals surface area contributed by atoms with Crippen LogP contribution in [-0.2, 0) is 0 Å². The number of pyridine rings is 1. The fourth-order valence-corrected chi connectivity index (χ4v) is 2.40. The molecule has 2 heteroatoms. The predicted molar refractivity (Wildman–Crippen MR) is 77.3 cm³/mol. The van der Waals surface area contributed by atoms with E-state index in [1.54, 1.807) is 6.20 Å². The molecule has 0 N–H and O–H groups in total. The molecular formula is C17H13NO. The summed E-state index contributed by atoms with van der Waals surface area (Å²) in [6.07, 6.45) is 2.68. The number of rotatable bonds is 2. The highest BCUT2D eigenvalue weighted by Crippen LogP contribution is 2.30. The van der Waals surface area contributed by atoms with Crippen molar-refractivity contribution in [2.45, 2.75) is 6.92 Å². The Morgan fingerprint density at radius 3 is 2.68 bits per heavy atom. The van der Waals surface area contributed by atoms with Crippen molar-refractivity contribution in [2.24, 2.45) is 0 Å². The average Bonchev–Trinajstić information content (AvgIpc) is 2.46. The van der Waals surface area contributed by atoms with E-state index in [2.05, 4.69) is 17.1 Å². The lowest BCUT2D eigenvalue weighted by atomic mass is 9.95. The van der Waals surface area contributed by atoms with Crippen molar-refractivity contribution in [1.82, 2.24) is 4.98 Å². The third kappa shape index (κ3) is 2.02. The number of carbonyl (C=O) groups excluding carboxylic acids is 1. The normalized spacial score (nSPS) is 10.6. The lowest BCUT2D eigenvalue weighted by molar-refractivity contribution is 0.112. The highest BCUT2D eigenvalue weighted by atomic mass is 16.1. The van der Waals surface area contributed by atoms with Crippen LogP contribution in [0, 0.1) is 6.92 Å². The molecule has 0 atom stereocenters. The maximum atomic E-state index is 10.8. The van der Waals surface area contributed by atoms with Crippen molar-refractivity contribution in [3.8, 4) is 11.1 Å². The summed E-state index contributed by atoms with van der Waals surface area (Å²) in [5, 5.41) is 1.13. The van der Waals surface area contributed by atoms with E-state index in [1.807, 2.05) is 43.3 Å². The van der Waals surface area contributed by atoms with Gasteiger partial charge in [0.05, 0.1) is 5.52 Å². The number of aryl methyl sites for hydroxylation is 1. The van der Waals surface area contributed by atoms with Gasteiger partial charge in [-0.2, -0.15) is 0 Å². The smallest absolute Gasteiger partial charge is 0.150 e. The molecule has 0 fully saturated rings. The van der Waals surface area contributed by atoms with Gasteiger partial charge < -0.3 is 0 Å². The molecule has 0 saturated heterocycles. The highest BCUT2D eigenvalue weighted by Gasteiger charge is 2.07. The number of aromatic nitrogens is 1. The maximum Gasteiger partial charge on any atom is 0.150 e. The number of hydrogen-bond acceptors (Lipinski definition) is 2. The maximum absolute atomic E-state index is 10.8. The second-order valence-corrected chi connectivity index (χ2v) is 4.57. The van der Waals surface area contributed by atoms with Gasteiger partial charge in [-0.1, -0.05) is 30.3 Å². The molecular weight excluding hydrogens is 234 g/mol. The first-order valence-electron chi connectivity index (χ1n) is 6.19. The summed E-state index contributed by atoms with van der Waals surface area (Å²) >= 11 is 0. The Bertz CT molecular complexity index is 757. The molecule has 0 saturated carbocycles. The lowest BCUT2D eigenvalue weighted by Crippen LogP contribution is -1.89. The van der Waals surface area contributed by atoms with Crippen molar-refractivity contribution in [2.75, 3.05) is 0 Å². The largest absolute Gasteiger partial charge is 0.298 e. The Morgan fingerprint density at radius 1 is 1.00 bits per heavy atom. The van der Waals surface area contributed by atoms with E-state index in [9.17, 15) is 4.79 Å². The second kappa shape index (κ2) is 4.65. The summed E-state index contributed by atoms with van der Waals surface area (Å²) < 4.78 is 0. The zero-order valence-corrected chi connectivity index (χ0v) is 10.6. The van der Waals surface area contributed by atoms with Gasteiger partial charge in [-0.3, -0.25) is 9.78 Å². The van der Waals surface area contributed by atoms with Crippen LogP contribution in [0.25, 0.3) is 22.0 Å². The number of aldehydes is 1. The van der Waals surface area contributed by atoms with Crippen LogP contribution in [-0.4, -0.2) is 11.3 Å². The van der Waals surface area contributed by atoms with Crippen LogP contribution in [0.1, 0.15) is 15.9 Å². The summed E-state index contributed by atoms with van der Waals surface area (Å²) in [5.41, 5.74) is 5.09. The third-order valence-corrected chi connectivity index (χ3v) is 3.32. The average molecular weight is 247 g/mol. The number of nitrogens with zero attached hydrogens (tertiary/aromatic N) is 1. The third-order valence-electron chi connectivity index (χ3n) is 3.32. The number of fused-ring (bicyclic) bond motifs is 1. The van der Waals surface area contributed by atoms with Gasteiger partial charge in [0, 0.05) is 17.1 Å². The van der Waals surface area contributed by atoms with E-state index < -0.39 is 0 Å². The Balaban J connectivity index is 2.27. The molecule has 3 rings (SSSR count). The van der Waals surface area contributed by atoms with Crippen LogP contribution in [0.3, 0.4) is 0 Å². The number of benzene rings is 2. The van der Waals surface area contributed by atoms with Gasteiger partial charge in [0.25, 0.3) is 0 Å². The SMILES string of the molecule is Cc1cc(C=O)ccc1-c1cccc2ncccc12. The molecule has 1 heterocycles. The molecule has 0 unspecified atom stereocenters. The van der Waals surface area contributed by atoms with E-state index in [4.69, 9.17) is 0 Å². The second-order valence-electron chi connectivity index (χ2n) is 4.57. The Kier molecular flexibility index (Phi) is 2.84. The molecule has 0 spiro atoms. The number of hydrogen-bond donors (Lipinski definition) is 0. The van der Waals surface area contributed by atoms with Crippen molar-refractivity contribution < 1.29 is 4.79 Å². The molecule has 1 aromatic heterocycles. The Labute approximate surface area is 111 Å². The van der Waals surface area contributed by atoms with Crippen LogP contribution >= 0.6 is 0 Å². The van der Waals surface area contributed by atoms with Crippen molar-refractivity contribution in [3.63, 3.8) is 0 Å². The van der Waals surface area contributed by atoms with E-state index >= 15 is 0 Å². The fourth-order valence-electron chi connectivity index (χ4n) is 2.40. The van der Waals surface area contributed by atoms with Gasteiger partial charge in [-0.25, -0.2) is 0 Å². The molecule has 0 bridgehead atoms. The minimum atomic E-state index is 0.708. The first-order valence-corrected chi connectivity index (χ1v) is 6.19. The molecule has 19 heavy (non-hydrogen) atoms. The molecule has 0 aliphatic carbocycles. The summed E-state index contributed by atoms with van der Waals surface area (Å²) in [6.45, 7) is 2.03. The molecule has 0 aliphatic heterocycles. The molecule has 2 nitrogen and oxygen atoms in total. The van der Waals surface area contributed by atoms with E-state index in [1.165, 1.54) is 0 Å². The van der Waals surface area contributed by atoms with Crippen molar-refractivity contribution >= 4 is 17.2 Å². The standard InChI is InChI=1S/C17H13NO/c1-12-10-13(11-19)7-8-14(12)15-4-2-6-17-16(15)5-3-9-18-17/h2-11H,1H3. The van der Waals surface area contributed by atoms with Crippen LogP contribution in [0.5, 0.6) is 0 Å². The molecule has 0 aliphatic rings. The van der Waals surface area contributed by atoms with Crippen LogP contribution in [0.15, 0.2) is 54.7 Å². The fraction of sp³-hybridized carbons (Fsp3) is 0.0588. The van der Waals surface area contributed by atoms with Crippen LogP contribution in [0.4, 0.5) is 0 Å². The predicted octanol–water partition coefficient (Wildman–Crippen LogP) is 4.02. The van der Waals surface area contributed by atoms with Gasteiger partial charge >= 0.3 is 0 Å². The van der Waals surface area contributed by atoms with Gasteiger partial charge in [-0.15, -0.1) is 0 Å². The quantitative estimate of drug-likeness (QED) is 0.640. The van der Waals surface area contributed by atoms with Crippen LogP contribution in [0.2, 0.25) is 0 Å². The van der Waals surface area contributed by atoms with Crippen LogP contribution < -0.4 is 0 Å². The first-order chi connectivity index (χ1) is 9.29. The Morgan fingerprint density at radius 2 is 1.89 bits per heavy atom. The van der Waals surface area contributed by atoms with E-state index in [0.717, 1.165) is 33.9 Å². The molecule has 3 aromatic rings. The minimum Gasteiger partial charge on any atom is -0.298 e. The minimum absolute atomic E-state index is 0.708. The van der Waals surface area contributed by atoms with Gasteiger partial charge in [0.15, 0.2) is 0 Å². The summed E-state index contributed by atoms with van der Waals surface area (Å²) in [7, 11) is 0. The zero-order chi connectivity index (χ0) is 13.2. The Hall–Kier alpha value is -2.48. The van der Waals surface area contributed by atoms with E-state index in [-0.39, 0.29) is 0 Å². The number of carbonyl (C=O) groups is 1. The monoisotopic (exact) mass is 247 g/mol. The highest BCUT2D eigenvalue weighted by molar-refractivity contribution is 5.95. The summed E-state index contributed by atoms with van der Waals surface area (Å²) in [6, 6.07) is 15.9. The van der Waals surface area contributed by atoms with Gasteiger partial charge in [0.2, 0.25) is 0 Å². The van der Waals surface area contributed by atoms with E-state index in [0.29, 0.717) is 5.56 Å². The van der Waals surface area contributed by atoms with Gasteiger partial charge in [-0.05, 0) is 41.8 Å². The zero-order valence-electron chi connectivity index (χ0n) is 10.6. The molecule has 0 radical (unpaired) electrons. The van der Waals surface area contributed by atoms with Crippen molar-refractivity contribution in [3.05, 3.63) is 65.9 Å².